The molecule has 3 atom stereocenters. The number of anilines is 1. The number of carbonyl (C=O) groups is 3. The van der Waals surface area contributed by atoms with Crippen molar-refractivity contribution < 1.29 is 29.0 Å². The molecule has 3 rings (SSSR count). The number of rotatable bonds is 1. The molecule has 0 bridgehead atoms. The second kappa shape index (κ2) is 5.70. The maximum atomic E-state index is 12.3. The maximum Gasteiger partial charge on any atom is 0.411 e. The highest BCUT2D eigenvalue weighted by Crippen LogP contribution is 2.51. The Balaban J connectivity index is 2.12. The van der Waals surface area contributed by atoms with Crippen LogP contribution in [0.5, 0.6) is 5.75 Å². The number of methoxy groups -OCH3 is 2. The van der Waals surface area contributed by atoms with Gasteiger partial charge in [0.05, 0.1) is 19.9 Å². The van der Waals surface area contributed by atoms with Gasteiger partial charge >= 0.3 is 12.1 Å². The first-order valence-corrected chi connectivity index (χ1v) is 7.47. The number of phenolic OH excluding ortho intramolecular Hbond substituents is 1. The van der Waals surface area contributed by atoms with E-state index in [1.807, 2.05) is 0 Å². The fourth-order valence-corrected chi connectivity index (χ4v) is 3.69. The summed E-state index contributed by atoms with van der Waals surface area (Å²) in [4.78, 5) is 39.3. The number of carbonyl (C=O) groups excluding carboxylic acids is 3. The van der Waals surface area contributed by atoms with Crippen LogP contribution >= 0.6 is 0 Å². The lowest BCUT2D eigenvalue weighted by atomic mass is 9.96. The third-order valence-corrected chi connectivity index (χ3v) is 4.59. The van der Waals surface area contributed by atoms with Gasteiger partial charge in [-0.05, 0) is 18.1 Å². The predicted molar refractivity (Wildman–Crippen MR) is 82.5 cm³/mol. The summed E-state index contributed by atoms with van der Waals surface area (Å²) in [7, 11) is 2.47. The fraction of sp³-hybridized carbons (Fsp3) is 0.438. The third-order valence-electron chi connectivity index (χ3n) is 4.59. The second-order valence-electron chi connectivity index (χ2n) is 5.80. The van der Waals surface area contributed by atoms with Crippen molar-refractivity contribution in [1.29, 1.82) is 0 Å². The Hall–Kier alpha value is -2.77. The van der Waals surface area contributed by atoms with Gasteiger partial charge in [0.15, 0.2) is 0 Å². The summed E-state index contributed by atoms with van der Waals surface area (Å²) < 4.78 is 9.61. The molecule has 1 aromatic rings. The van der Waals surface area contributed by atoms with E-state index < -0.39 is 24.3 Å². The highest BCUT2D eigenvalue weighted by molar-refractivity contribution is 5.97. The van der Waals surface area contributed by atoms with Gasteiger partial charge in [0.1, 0.15) is 18.0 Å². The van der Waals surface area contributed by atoms with Gasteiger partial charge in [0, 0.05) is 18.9 Å². The molecule has 1 N–H and O–H groups in total. The van der Waals surface area contributed by atoms with Gasteiger partial charge in [-0.25, -0.2) is 9.59 Å². The Morgan fingerprint density at radius 2 is 1.92 bits per heavy atom. The zero-order chi connectivity index (χ0) is 17.6. The van der Waals surface area contributed by atoms with Crippen molar-refractivity contribution >= 4 is 23.7 Å². The minimum Gasteiger partial charge on any atom is -0.508 e. The van der Waals surface area contributed by atoms with Crippen LogP contribution in [0.4, 0.5) is 10.5 Å². The van der Waals surface area contributed by atoms with Crippen molar-refractivity contribution in [2.24, 2.45) is 0 Å². The topological polar surface area (TPSA) is 96.4 Å². The molecular weight excluding hydrogens is 316 g/mol. The van der Waals surface area contributed by atoms with E-state index in [0.29, 0.717) is 12.1 Å². The van der Waals surface area contributed by atoms with Crippen LogP contribution in [0.1, 0.15) is 24.8 Å². The lowest BCUT2D eigenvalue weighted by molar-refractivity contribution is -0.146. The molecule has 2 aliphatic rings. The van der Waals surface area contributed by atoms with Gasteiger partial charge < -0.3 is 14.6 Å². The molecule has 24 heavy (non-hydrogen) atoms. The summed E-state index contributed by atoms with van der Waals surface area (Å²) in [6.07, 6.45) is -1.08. The van der Waals surface area contributed by atoms with E-state index >= 15 is 0 Å². The van der Waals surface area contributed by atoms with E-state index in [0.717, 1.165) is 5.56 Å². The van der Waals surface area contributed by atoms with Gasteiger partial charge in [-0.15, -0.1) is 0 Å². The van der Waals surface area contributed by atoms with Gasteiger partial charge in [0.25, 0.3) is 0 Å². The minimum absolute atomic E-state index is 0.0223. The molecule has 8 nitrogen and oxygen atoms in total. The van der Waals surface area contributed by atoms with E-state index in [1.165, 1.54) is 43.1 Å². The number of aromatic hydroxyl groups is 1. The van der Waals surface area contributed by atoms with Gasteiger partial charge in [-0.3, -0.25) is 14.6 Å². The molecule has 2 amide bonds. The average Bonchev–Trinajstić information content (AvgIpc) is 3.06. The van der Waals surface area contributed by atoms with Gasteiger partial charge in [-0.1, -0.05) is 6.07 Å². The van der Waals surface area contributed by atoms with Gasteiger partial charge in [0.2, 0.25) is 5.91 Å². The average molecular weight is 334 g/mol. The lowest BCUT2D eigenvalue weighted by Crippen LogP contribution is -2.53. The molecule has 1 fully saturated rings. The molecule has 2 aliphatic heterocycles. The van der Waals surface area contributed by atoms with E-state index in [9.17, 15) is 19.5 Å². The number of fused-ring (bicyclic) bond motifs is 3. The standard InChI is InChI=1S/C16H18N2O6/c1-8(19)17-12-6-9(20)4-5-10(12)11-7-13(15(21)23-2)18(14(11)17)16(22)24-3/h4-6,11,13-14,20H,7H2,1-3H3/t11?,13-,14?/m0/s1. The fourth-order valence-electron chi connectivity index (χ4n) is 3.69. The Morgan fingerprint density at radius 3 is 2.50 bits per heavy atom. The first-order valence-electron chi connectivity index (χ1n) is 7.47. The van der Waals surface area contributed by atoms with Crippen molar-refractivity contribution in [1.82, 2.24) is 4.90 Å². The monoisotopic (exact) mass is 334 g/mol. The van der Waals surface area contributed by atoms with Crippen molar-refractivity contribution in [3.05, 3.63) is 23.8 Å². The zero-order valence-electron chi connectivity index (χ0n) is 13.6. The van der Waals surface area contributed by atoms with Crippen molar-refractivity contribution in [3.63, 3.8) is 0 Å². The number of hydrogen-bond acceptors (Lipinski definition) is 6. The highest BCUT2D eigenvalue weighted by atomic mass is 16.5. The smallest absolute Gasteiger partial charge is 0.411 e. The number of phenols is 1. The molecule has 0 aromatic heterocycles. The first kappa shape index (κ1) is 16.1. The van der Waals surface area contributed by atoms with Crippen LogP contribution < -0.4 is 4.90 Å². The Labute approximate surface area is 138 Å². The summed E-state index contributed by atoms with van der Waals surface area (Å²) >= 11 is 0. The molecular formula is C16H18N2O6. The molecule has 2 unspecified atom stereocenters. The first-order chi connectivity index (χ1) is 11.4. The summed E-state index contributed by atoms with van der Waals surface area (Å²) in [5.41, 5.74) is 1.34. The van der Waals surface area contributed by atoms with Crippen LogP contribution in [0.3, 0.4) is 0 Å². The largest absolute Gasteiger partial charge is 0.508 e. The van der Waals surface area contributed by atoms with Crippen LogP contribution in [0.15, 0.2) is 18.2 Å². The lowest BCUT2D eigenvalue weighted by Gasteiger charge is -2.33. The van der Waals surface area contributed by atoms with Crippen LogP contribution in [0.2, 0.25) is 0 Å². The van der Waals surface area contributed by atoms with Crippen molar-refractivity contribution in [2.45, 2.75) is 31.5 Å². The normalized spacial score (nSPS) is 24.4. The molecule has 2 heterocycles. The molecule has 1 saturated heterocycles. The van der Waals surface area contributed by atoms with E-state index in [2.05, 4.69) is 0 Å². The summed E-state index contributed by atoms with van der Waals surface area (Å²) in [5.74, 6) is -1.09. The third kappa shape index (κ3) is 2.17. The Kier molecular flexibility index (Phi) is 3.82. The van der Waals surface area contributed by atoms with Crippen LogP contribution in [-0.4, -0.2) is 54.4 Å². The van der Waals surface area contributed by atoms with Crippen molar-refractivity contribution in [3.8, 4) is 5.75 Å². The molecule has 0 saturated carbocycles. The number of benzene rings is 1. The quantitative estimate of drug-likeness (QED) is 0.775. The predicted octanol–water partition coefficient (Wildman–Crippen LogP) is 1.18. The number of likely N-dealkylation sites (tertiary alicyclic amines) is 1. The summed E-state index contributed by atoms with van der Waals surface area (Å²) in [5, 5.41) is 9.74. The molecule has 8 heteroatoms. The molecule has 128 valence electrons. The van der Waals surface area contributed by atoms with E-state index in [1.54, 1.807) is 6.07 Å². The molecule has 0 spiro atoms. The Bertz CT molecular complexity index is 719. The van der Waals surface area contributed by atoms with E-state index in [4.69, 9.17) is 9.47 Å². The summed E-state index contributed by atoms with van der Waals surface area (Å²) in [6.45, 7) is 1.37. The minimum atomic E-state index is -0.832. The highest BCUT2D eigenvalue weighted by Gasteiger charge is 2.56. The van der Waals surface area contributed by atoms with E-state index in [-0.39, 0.29) is 17.6 Å². The SMILES string of the molecule is COC(=O)[C@@H]1CC2c3ccc(O)cc3N(C(C)=O)C2N1C(=O)OC. The number of hydrogen-bond donors (Lipinski definition) is 1. The number of nitrogens with zero attached hydrogens (tertiary/aromatic N) is 2. The Morgan fingerprint density at radius 1 is 1.21 bits per heavy atom. The summed E-state index contributed by atoms with van der Waals surface area (Å²) in [6, 6.07) is 3.88. The molecule has 0 aliphatic carbocycles. The van der Waals surface area contributed by atoms with Crippen molar-refractivity contribution in [2.75, 3.05) is 19.1 Å². The van der Waals surface area contributed by atoms with Crippen LogP contribution in [-0.2, 0) is 19.1 Å². The van der Waals surface area contributed by atoms with Gasteiger partial charge in [-0.2, -0.15) is 0 Å². The molecule has 1 aromatic carbocycles. The second-order valence-corrected chi connectivity index (χ2v) is 5.80. The van der Waals surface area contributed by atoms with Crippen LogP contribution in [0.25, 0.3) is 0 Å². The number of amides is 2. The maximum absolute atomic E-state index is 12.3. The van der Waals surface area contributed by atoms with Crippen LogP contribution in [0, 0.1) is 0 Å². The molecule has 0 radical (unpaired) electrons. The number of esters is 1. The number of ether oxygens (including phenoxy) is 2. The zero-order valence-corrected chi connectivity index (χ0v) is 13.6.